The number of nitrogens with zero attached hydrogens (tertiary/aromatic N) is 3. The van der Waals surface area contributed by atoms with Gasteiger partial charge in [-0.1, -0.05) is 37.5 Å². The van der Waals surface area contributed by atoms with E-state index in [9.17, 15) is 4.79 Å². The van der Waals surface area contributed by atoms with Crippen LogP contribution in [0.4, 0.5) is 5.82 Å². The van der Waals surface area contributed by atoms with Crippen LogP contribution in [-0.4, -0.2) is 30.5 Å². The number of aromatic nitrogens is 1. The number of hydrogen-bond acceptors (Lipinski definition) is 4. The minimum atomic E-state index is -0.146. The summed E-state index contributed by atoms with van der Waals surface area (Å²) in [5.74, 6) is 0.697. The average molecular weight is 336 g/mol. The van der Waals surface area contributed by atoms with Crippen molar-refractivity contribution in [2.45, 2.75) is 44.6 Å². The maximum absolute atomic E-state index is 12.6. The predicted molar refractivity (Wildman–Crippen MR) is 99.6 cm³/mol. The van der Waals surface area contributed by atoms with Gasteiger partial charge in [0.25, 0.3) is 5.91 Å². The van der Waals surface area contributed by atoms with E-state index >= 15 is 0 Å². The summed E-state index contributed by atoms with van der Waals surface area (Å²) in [5.41, 5.74) is 1.45. The number of benzene rings is 1. The monoisotopic (exact) mass is 336 g/mol. The van der Waals surface area contributed by atoms with Crippen molar-refractivity contribution in [3.63, 3.8) is 0 Å². The number of rotatable bonds is 5. The molecule has 1 aliphatic rings. The molecule has 5 nitrogen and oxygen atoms in total. The first-order valence-corrected chi connectivity index (χ1v) is 8.98. The van der Waals surface area contributed by atoms with Crippen molar-refractivity contribution in [2.75, 3.05) is 18.5 Å². The van der Waals surface area contributed by atoms with Gasteiger partial charge in [-0.05, 0) is 25.0 Å². The van der Waals surface area contributed by atoms with E-state index in [0.29, 0.717) is 24.6 Å². The summed E-state index contributed by atoms with van der Waals surface area (Å²) in [7, 11) is 2.07. The van der Waals surface area contributed by atoms with Gasteiger partial charge >= 0.3 is 0 Å². The van der Waals surface area contributed by atoms with Crippen molar-refractivity contribution in [1.29, 1.82) is 5.26 Å². The van der Waals surface area contributed by atoms with Gasteiger partial charge in [-0.25, -0.2) is 4.98 Å². The van der Waals surface area contributed by atoms with Crippen LogP contribution in [0.3, 0.4) is 0 Å². The minimum absolute atomic E-state index is 0.146. The zero-order chi connectivity index (χ0) is 17.6. The van der Waals surface area contributed by atoms with Gasteiger partial charge in [0.2, 0.25) is 0 Å². The lowest BCUT2D eigenvalue weighted by Gasteiger charge is -2.32. The molecule has 0 radical (unpaired) electrons. The number of anilines is 1. The van der Waals surface area contributed by atoms with E-state index in [1.807, 2.05) is 36.4 Å². The highest BCUT2D eigenvalue weighted by molar-refractivity contribution is 6.07. The molecule has 1 fully saturated rings. The summed E-state index contributed by atoms with van der Waals surface area (Å²) < 4.78 is 0. The van der Waals surface area contributed by atoms with Crippen LogP contribution in [0.15, 0.2) is 30.3 Å². The summed E-state index contributed by atoms with van der Waals surface area (Å²) >= 11 is 0. The molecular formula is C20H24N4O. The standard InChI is InChI=1S/C20H24N4O/c1-24(15-8-3-2-4-9-15)19-14-17(20(25)22-13-7-12-21)16-10-5-6-11-18(16)23-19/h5-6,10-11,14-15H,2-4,7-9,13H2,1H3,(H,22,25). The maximum atomic E-state index is 12.6. The number of para-hydroxylation sites is 1. The fraction of sp³-hybridized carbons (Fsp3) is 0.450. The lowest BCUT2D eigenvalue weighted by Crippen LogP contribution is -2.34. The summed E-state index contributed by atoms with van der Waals surface area (Å²) in [6.45, 7) is 0.361. The third kappa shape index (κ3) is 3.90. The van der Waals surface area contributed by atoms with Crippen LogP contribution in [0.25, 0.3) is 10.9 Å². The summed E-state index contributed by atoms with van der Waals surface area (Å²) in [5, 5.41) is 12.3. The molecule has 25 heavy (non-hydrogen) atoms. The first-order valence-electron chi connectivity index (χ1n) is 8.98. The fourth-order valence-corrected chi connectivity index (χ4v) is 3.51. The quantitative estimate of drug-likeness (QED) is 0.846. The second-order valence-electron chi connectivity index (χ2n) is 6.61. The summed E-state index contributed by atoms with van der Waals surface area (Å²) in [4.78, 5) is 19.6. The Labute approximate surface area is 148 Å². The zero-order valence-corrected chi connectivity index (χ0v) is 14.7. The second-order valence-corrected chi connectivity index (χ2v) is 6.61. The van der Waals surface area contributed by atoms with Crippen LogP contribution in [0.5, 0.6) is 0 Å². The highest BCUT2D eigenvalue weighted by atomic mass is 16.1. The van der Waals surface area contributed by atoms with Gasteiger partial charge in [0.1, 0.15) is 5.82 Å². The van der Waals surface area contributed by atoms with Crippen molar-refractivity contribution >= 4 is 22.6 Å². The smallest absolute Gasteiger partial charge is 0.252 e. The third-order valence-corrected chi connectivity index (χ3v) is 4.95. The van der Waals surface area contributed by atoms with Crippen LogP contribution in [-0.2, 0) is 0 Å². The third-order valence-electron chi connectivity index (χ3n) is 4.95. The van der Waals surface area contributed by atoms with Crippen molar-refractivity contribution < 1.29 is 4.79 Å². The molecule has 130 valence electrons. The molecule has 3 rings (SSSR count). The van der Waals surface area contributed by atoms with Gasteiger partial charge in [0.15, 0.2) is 0 Å². The molecule has 0 atom stereocenters. The molecule has 2 aromatic rings. The molecule has 0 spiro atoms. The summed E-state index contributed by atoms with van der Waals surface area (Å²) in [6, 6.07) is 12.1. The fourth-order valence-electron chi connectivity index (χ4n) is 3.51. The predicted octanol–water partition coefficient (Wildman–Crippen LogP) is 3.65. The minimum Gasteiger partial charge on any atom is -0.357 e. The molecule has 0 unspecified atom stereocenters. The molecule has 0 bridgehead atoms. The molecule has 1 aromatic carbocycles. The Balaban J connectivity index is 1.94. The number of carbonyl (C=O) groups is 1. The van der Waals surface area contributed by atoms with Crippen LogP contribution < -0.4 is 10.2 Å². The molecule has 1 heterocycles. The van der Waals surface area contributed by atoms with Gasteiger partial charge in [-0.3, -0.25) is 4.79 Å². The molecule has 1 saturated carbocycles. The van der Waals surface area contributed by atoms with E-state index in [1.54, 1.807) is 0 Å². The Morgan fingerprint density at radius 2 is 2.08 bits per heavy atom. The number of nitriles is 1. The van der Waals surface area contributed by atoms with E-state index < -0.39 is 0 Å². The van der Waals surface area contributed by atoms with Crippen molar-refractivity contribution in [1.82, 2.24) is 10.3 Å². The van der Waals surface area contributed by atoms with Crippen LogP contribution in [0, 0.1) is 11.3 Å². The molecule has 1 aliphatic carbocycles. The summed E-state index contributed by atoms with van der Waals surface area (Å²) in [6.07, 6.45) is 6.48. The van der Waals surface area contributed by atoms with Crippen molar-refractivity contribution in [2.24, 2.45) is 0 Å². The molecule has 1 amide bonds. The number of fused-ring (bicyclic) bond motifs is 1. The Kier molecular flexibility index (Phi) is 5.49. The van der Waals surface area contributed by atoms with E-state index in [0.717, 1.165) is 16.7 Å². The maximum Gasteiger partial charge on any atom is 0.252 e. The number of pyridine rings is 1. The average Bonchev–Trinajstić information content (AvgIpc) is 2.67. The number of hydrogen-bond donors (Lipinski definition) is 1. The van der Waals surface area contributed by atoms with Crippen molar-refractivity contribution in [3.05, 3.63) is 35.9 Å². The second kappa shape index (κ2) is 7.98. The number of carbonyl (C=O) groups excluding carboxylic acids is 1. The molecule has 5 heteroatoms. The molecule has 0 aliphatic heterocycles. The number of nitrogens with one attached hydrogen (secondary N) is 1. The molecular weight excluding hydrogens is 312 g/mol. The topological polar surface area (TPSA) is 69.0 Å². The van der Waals surface area contributed by atoms with E-state index in [1.165, 1.54) is 32.1 Å². The van der Waals surface area contributed by atoms with Gasteiger partial charge < -0.3 is 10.2 Å². The van der Waals surface area contributed by atoms with Gasteiger partial charge in [-0.15, -0.1) is 0 Å². The molecule has 0 saturated heterocycles. The van der Waals surface area contributed by atoms with E-state index in [2.05, 4.69) is 17.3 Å². The largest absolute Gasteiger partial charge is 0.357 e. The Morgan fingerprint density at radius 3 is 2.84 bits per heavy atom. The lowest BCUT2D eigenvalue weighted by molar-refractivity contribution is 0.0956. The van der Waals surface area contributed by atoms with Crippen LogP contribution in [0.2, 0.25) is 0 Å². The lowest BCUT2D eigenvalue weighted by atomic mass is 9.94. The van der Waals surface area contributed by atoms with Crippen molar-refractivity contribution in [3.8, 4) is 6.07 Å². The zero-order valence-electron chi connectivity index (χ0n) is 14.7. The van der Waals surface area contributed by atoms with E-state index in [-0.39, 0.29) is 5.91 Å². The Morgan fingerprint density at radius 1 is 1.32 bits per heavy atom. The van der Waals surface area contributed by atoms with Crippen LogP contribution in [0.1, 0.15) is 48.9 Å². The Bertz CT molecular complexity index is 790. The molecule has 1 aromatic heterocycles. The molecule has 1 N–H and O–H groups in total. The normalized spacial score (nSPS) is 14.9. The highest BCUT2D eigenvalue weighted by Crippen LogP contribution is 2.28. The van der Waals surface area contributed by atoms with Crippen LogP contribution >= 0.6 is 0 Å². The first-order chi connectivity index (χ1) is 12.2. The van der Waals surface area contributed by atoms with E-state index in [4.69, 9.17) is 10.2 Å². The Hall–Kier alpha value is -2.61. The number of amides is 1. The highest BCUT2D eigenvalue weighted by Gasteiger charge is 2.21. The SMILES string of the molecule is CN(c1cc(C(=O)NCCC#N)c2ccccc2n1)C1CCCCC1. The first kappa shape index (κ1) is 17.2. The van der Waals surface area contributed by atoms with Gasteiger partial charge in [-0.2, -0.15) is 5.26 Å². The van der Waals surface area contributed by atoms with Gasteiger partial charge in [0, 0.05) is 25.0 Å². The van der Waals surface area contributed by atoms with Gasteiger partial charge in [0.05, 0.1) is 23.6 Å².